The van der Waals surface area contributed by atoms with Gasteiger partial charge in [-0.3, -0.25) is 4.79 Å². The molecule has 0 aliphatic rings. The zero-order valence-electron chi connectivity index (χ0n) is 5.67. The van der Waals surface area contributed by atoms with Crippen LogP contribution in [0.2, 0.25) is 0 Å². The maximum absolute atomic E-state index is 10.2. The molecule has 0 heterocycles. The third-order valence-corrected chi connectivity index (χ3v) is 1.01. The number of carbonyl (C=O) groups is 2. The molecule has 0 radical (unpaired) electrons. The molecule has 0 spiro atoms. The van der Waals surface area contributed by atoms with Crippen molar-refractivity contribution in [3.8, 4) is 0 Å². The predicted octanol–water partition coefficient (Wildman–Crippen LogP) is -3.91. The van der Waals surface area contributed by atoms with Crippen LogP contribution in [0.3, 0.4) is 0 Å². The van der Waals surface area contributed by atoms with E-state index in [9.17, 15) is 14.7 Å². The van der Waals surface area contributed by atoms with E-state index in [1.807, 2.05) is 0 Å². The van der Waals surface area contributed by atoms with Crippen LogP contribution in [0.5, 0.6) is 0 Å². The van der Waals surface area contributed by atoms with E-state index in [-0.39, 0.29) is 29.6 Å². The molecular weight excluding hydrogens is 206 g/mol. The number of rotatable bonds is 3. The zero-order valence-corrected chi connectivity index (χ0v) is 9.19. The maximum atomic E-state index is 10.2. The average molecular weight is 209 g/mol. The third kappa shape index (κ3) is 6.90. The van der Waals surface area contributed by atoms with Crippen molar-refractivity contribution < 1.29 is 49.0 Å². The van der Waals surface area contributed by atoms with Gasteiger partial charge in [0.15, 0.2) is 0 Å². The third-order valence-electron chi connectivity index (χ3n) is 0.529. The summed E-state index contributed by atoms with van der Waals surface area (Å²) in [6, 6.07) is 0. The normalized spacial score (nSPS) is 11.1. The van der Waals surface area contributed by atoms with E-state index < -0.39 is 23.4 Å². The Morgan fingerprint density at radius 2 is 2.00 bits per heavy atom. The van der Waals surface area contributed by atoms with Crippen molar-refractivity contribution in [1.29, 1.82) is 0 Å². The first kappa shape index (κ1) is 14.1. The second kappa shape index (κ2) is 7.18. The van der Waals surface area contributed by atoms with Gasteiger partial charge in [-0.25, -0.2) is 0 Å². The molecule has 0 fully saturated rings. The van der Waals surface area contributed by atoms with Crippen LogP contribution >= 0.6 is 23.2 Å². The molecular formula is C4H3Cl2NaO4. The molecule has 0 aromatic rings. The van der Waals surface area contributed by atoms with Gasteiger partial charge < -0.3 is 14.6 Å². The fourth-order valence-electron chi connectivity index (χ4n) is 0.195. The van der Waals surface area contributed by atoms with E-state index in [0.717, 1.165) is 0 Å². The number of hydrogen-bond donors (Lipinski definition) is 0. The van der Waals surface area contributed by atoms with Gasteiger partial charge in [-0.15, -0.1) is 11.6 Å². The quantitative estimate of drug-likeness (QED) is 0.270. The molecule has 0 bridgehead atoms. The van der Waals surface area contributed by atoms with Crippen LogP contribution in [0.15, 0.2) is 0 Å². The second-order valence-corrected chi connectivity index (χ2v) is 1.92. The van der Waals surface area contributed by atoms with Gasteiger partial charge in [-0.05, 0) is 0 Å². The zero-order chi connectivity index (χ0) is 8.15. The molecule has 0 rings (SSSR count). The van der Waals surface area contributed by atoms with Gasteiger partial charge in [-0.1, -0.05) is 11.6 Å². The summed E-state index contributed by atoms with van der Waals surface area (Å²) in [4.78, 5) is 20.0. The number of aliphatic carboxylic acids is 1. The Bertz CT molecular complexity index is 151. The molecule has 0 aromatic carbocycles. The van der Waals surface area contributed by atoms with Crippen LogP contribution < -0.4 is 34.7 Å². The van der Waals surface area contributed by atoms with Crippen molar-refractivity contribution in [3.63, 3.8) is 0 Å². The van der Waals surface area contributed by atoms with E-state index in [0.29, 0.717) is 0 Å². The smallest absolute Gasteiger partial charge is 0.545 e. The molecule has 7 heteroatoms. The number of hydrogen-bond acceptors (Lipinski definition) is 4. The number of carboxylic acids is 1. The summed E-state index contributed by atoms with van der Waals surface area (Å²) in [5, 5.41) is 9.79. The first-order valence-electron chi connectivity index (χ1n) is 2.18. The molecule has 0 amide bonds. The predicted molar refractivity (Wildman–Crippen MR) is 31.5 cm³/mol. The average Bonchev–Trinajstić information content (AvgIpc) is 1.87. The fraction of sp³-hybridized carbons (Fsp3) is 0.500. The maximum Gasteiger partial charge on any atom is 1.00 e. The second-order valence-electron chi connectivity index (χ2n) is 1.26. The topological polar surface area (TPSA) is 66.4 Å². The summed E-state index contributed by atoms with van der Waals surface area (Å²) < 4.78 is 3.99. The standard InChI is InChI=1S/C4H4Cl2O4.Na/c5-1-2(7)10-3(6)4(8)9;/h3H,1H2,(H,8,9);/q;+1/p-1. The number of halogens is 2. The Kier molecular flexibility index (Phi) is 9.19. The molecule has 0 saturated carbocycles. The molecule has 1 atom stereocenters. The first-order valence-corrected chi connectivity index (χ1v) is 3.15. The summed E-state index contributed by atoms with van der Waals surface area (Å²) in [6.07, 6.45) is 0. The molecule has 1 unspecified atom stereocenters. The van der Waals surface area contributed by atoms with Crippen molar-refractivity contribution in [2.75, 3.05) is 5.88 Å². The molecule has 0 aliphatic carbocycles. The van der Waals surface area contributed by atoms with Crippen LogP contribution in [0.25, 0.3) is 0 Å². The van der Waals surface area contributed by atoms with Crippen molar-refractivity contribution >= 4 is 35.1 Å². The van der Waals surface area contributed by atoms with E-state index in [2.05, 4.69) is 4.74 Å². The van der Waals surface area contributed by atoms with Crippen LogP contribution in [0.4, 0.5) is 0 Å². The molecule has 0 N–H and O–H groups in total. The SMILES string of the molecule is O=C(CCl)OC(Cl)C(=O)[O-].[Na+]. The number of ether oxygens (including phenoxy) is 1. The minimum absolute atomic E-state index is 0. The van der Waals surface area contributed by atoms with E-state index in [1.54, 1.807) is 0 Å². The number of esters is 1. The Morgan fingerprint density at radius 1 is 1.55 bits per heavy atom. The van der Waals surface area contributed by atoms with Crippen LogP contribution in [-0.2, 0) is 14.3 Å². The molecule has 58 valence electrons. The Hall–Kier alpha value is 0.520. The van der Waals surface area contributed by atoms with Crippen LogP contribution in [0.1, 0.15) is 0 Å². The van der Waals surface area contributed by atoms with Crippen molar-refractivity contribution in [2.45, 2.75) is 5.56 Å². The fourth-order valence-corrected chi connectivity index (χ4v) is 0.357. The van der Waals surface area contributed by atoms with Gasteiger partial charge in [0.2, 0.25) is 5.56 Å². The summed E-state index contributed by atoms with van der Waals surface area (Å²) in [5.41, 5.74) is -1.76. The molecule has 11 heavy (non-hydrogen) atoms. The molecule has 4 nitrogen and oxygen atoms in total. The summed E-state index contributed by atoms with van der Waals surface area (Å²) in [5.74, 6) is -3.00. The van der Waals surface area contributed by atoms with Crippen LogP contribution in [0, 0.1) is 0 Å². The number of carboxylic acid groups (broad SMARTS) is 1. The van der Waals surface area contributed by atoms with Gasteiger partial charge in [0.25, 0.3) is 0 Å². The van der Waals surface area contributed by atoms with Gasteiger partial charge in [0.05, 0.1) is 5.97 Å². The largest absolute Gasteiger partial charge is 1.00 e. The van der Waals surface area contributed by atoms with E-state index in [1.165, 1.54) is 0 Å². The molecule has 0 aliphatic heterocycles. The van der Waals surface area contributed by atoms with Crippen molar-refractivity contribution in [1.82, 2.24) is 0 Å². The van der Waals surface area contributed by atoms with Crippen molar-refractivity contribution in [2.24, 2.45) is 0 Å². The number of alkyl halides is 2. The number of carbonyl (C=O) groups excluding carboxylic acids is 2. The summed E-state index contributed by atoms with van der Waals surface area (Å²) in [7, 11) is 0. The monoisotopic (exact) mass is 208 g/mol. The van der Waals surface area contributed by atoms with Crippen molar-refractivity contribution in [3.05, 3.63) is 0 Å². The Morgan fingerprint density at radius 3 is 2.27 bits per heavy atom. The Balaban J connectivity index is 0. The molecule has 0 saturated heterocycles. The van der Waals surface area contributed by atoms with Gasteiger partial charge in [0, 0.05) is 0 Å². The van der Waals surface area contributed by atoms with Crippen LogP contribution in [-0.4, -0.2) is 23.4 Å². The van der Waals surface area contributed by atoms with Gasteiger partial charge in [-0.2, -0.15) is 0 Å². The molecule has 0 aromatic heterocycles. The van der Waals surface area contributed by atoms with Gasteiger partial charge in [0.1, 0.15) is 5.88 Å². The van der Waals surface area contributed by atoms with E-state index in [4.69, 9.17) is 23.2 Å². The first-order chi connectivity index (χ1) is 4.57. The Labute approximate surface area is 95.1 Å². The van der Waals surface area contributed by atoms with Gasteiger partial charge >= 0.3 is 35.5 Å². The summed E-state index contributed by atoms with van der Waals surface area (Å²) >= 11 is 9.88. The summed E-state index contributed by atoms with van der Waals surface area (Å²) in [6.45, 7) is 0. The van der Waals surface area contributed by atoms with E-state index >= 15 is 0 Å². The minimum Gasteiger partial charge on any atom is -0.545 e. The minimum atomic E-state index is -1.76.